The van der Waals surface area contributed by atoms with E-state index in [0.29, 0.717) is 26.2 Å². The van der Waals surface area contributed by atoms with Crippen LogP contribution in [-0.2, 0) is 19.1 Å². The lowest BCUT2D eigenvalue weighted by Gasteiger charge is -2.14. The topological polar surface area (TPSA) is 55.8 Å². The highest BCUT2D eigenvalue weighted by molar-refractivity contribution is 5.72. The van der Waals surface area contributed by atoms with E-state index in [9.17, 15) is 9.59 Å². The molecular formula is C10H19NO4. The summed E-state index contributed by atoms with van der Waals surface area (Å²) in [6.07, 6.45) is 0.295. The largest absolute Gasteiger partial charge is 0.466 e. The van der Waals surface area contributed by atoms with Crippen LogP contribution in [0.15, 0.2) is 0 Å². The number of likely N-dealkylation sites (N-methyl/N-ethyl adjacent to an activating group) is 1. The average molecular weight is 217 g/mol. The molecule has 0 rings (SSSR count). The van der Waals surface area contributed by atoms with Crippen LogP contribution in [0.25, 0.3) is 0 Å². The van der Waals surface area contributed by atoms with Crippen LogP contribution >= 0.6 is 0 Å². The molecule has 0 aromatic heterocycles. The molecule has 0 spiro atoms. The Balaban J connectivity index is 3.60. The van der Waals surface area contributed by atoms with Crippen LogP contribution in [0.3, 0.4) is 0 Å². The fourth-order valence-corrected chi connectivity index (χ4v) is 1.02. The molecule has 0 N–H and O–H groups in total. The summed E-state index contributed by atoms with van der Waals surface area (Å²) in [5, 5.41) is 0. The molecule has 88 valence electrons. The van der Waals surface area contributed by atoms with Gasteiger partial charge in [0.15, 0.2) is 0 Å². The third kappa shape index (κ3) is 7.93. The van der Waals surface area contributed by atoms with E-state index >= 15 is 0 Å². The Morgan fingerprint density at radius 2 is 1.60 bits per heavy atom. The number of carbonyl (C=O) groups excluding carboxylic acids is 2. The third-order valence-corrected chi connectivity index (χ3v) is 1.71. The van der Waals surface area contributed by atoms with Crippen molar-refractivity contribution in [3.8, 4) is 0 Å². The Bertz CT molecular complexity index is 206. The van der Waals surface area contributed by atoms with Crippen LogP contribution in [0.5, 0.6) is 0 Å². The molecule has 0 aliphatic heterocycles. The second-order valence-corrected chi connectivity index (χ2v) is 3.10. The van der Waals surface area contributed by atoms with Crippen molar-refractivity contribution in [1.82, 2.24) is 4.90 Å². The molecule has 0 aliphatic carbocycles. The zero-order valence-corrected chi connectivity index (χ0v) is 9.62. The number of rotatable bonds is 7. The van der Waals surface area contributed by atoms with Crippen LogP contribution in [0.2, 0.25) is 0 Å². The maximum atomic E-state index is 11.0. The number of hydrogen-bond donors (Lipinski definition) is 0. The minimum atomic E-state index is -0.274. The summed E-state index contributed by atoms with van der Waals surface area (Å²) >= 11 is 0. The average Bonchev–Trinajstić information content (AvgIpc) is 2.15. The minimum Gasteiger partial charge on any atom is -0.466 e. The Hall–Kier alpha value is -1.10. The molecule has 0 bridgehead atoms. The van der Waals surface area contributed by atoms with E-state index in [1.54, 1.807) is 25.8 Å². The smallest absolute Gasteiger partial charge is 0.320 e. The van der Waals surface area contributed by atoms with Crippen molar-refractivity contribution in [2.75, 3.05) is 33.4 Å². The van der Waals surface area contributed by atoms with Gasteiger partial charge >= 0.3 is 11.9 Å². The third-order valence-electron chi connectivity index (χ3n) is 1.71. The zero-order valence-electron chi connectivity index (χ0n) is 9.62. The van der Waals surface area contributed by atoms with Crippen LogP contribution in [0, 0.1) is 0 Å². The maximum absolute atomic E-state index is 11.0. The highest BCUT2D eigenvalue weighted by Gasteiger charge is 2.09. The summed E-state index contributed by atoms with van der Waals surface area (Å²) in [5.74, 6) is -0.517. The molecule has 0 aliphatic rings. The summed E-state index contributed by atoms with van der Waals surface area (Å²) < 4.78 is 9.53. The molecule has 0 atom stereocenters. The molecule has 0 aromatic carbocycles. The van der Waals surface area contributed by atoms with Gasteiger partial charge in [0.1, 0.15) is 0 Å². The lowest BCUT2D eigenvalue weighted by molar-refractivity contribution is -0.146. The summed E-state index contributed by atoms with van der Waals surface area (Å²) in [5.41, 5.74) is 0. The van der Waals surface area contributed by atoms with Crippen LogP contribution in [0.4, 0.5) is 0 Å². The number of carbonyl (C=O) groups is 2. The predicted octanol–water partition coefficient (Wildman–Crippen LogP) is 0.435. The molecule has 5 heteroatoms. The van der Waals surface area contributed by atoms with E-state index in [4.69, 9.17) is 9.47 Å². The van der Waals surface area contributed by atoms with E-state index < -0.39 is 0 Å². The lowest BCUT2D eigenvalue weighted by Crippen LogP contribution is -2.29. The summed E-state index contributed by atoms with van der Waals surface area (Å²) in [6, 6.07) is 0. The normalized spacial score (nSPS) is 10.1. The molecule has 0 unspecified atom stereocenters. The number of ether oxygens (including phenoxy) is 2. The van der Waals surface area contributed by atoms with Gasteiger partial charge in [-0.3, -0.25) is 14.5 Å². The van der Waals surface area contributed by atoms with E-state index in [2.05, 4.69) is 0 Å². The van der Waals surface area contributed by atoms with Gasteiger partial charge in [0.2, 0.25) is 0 Å². The van der Waals surface area contributed by atoms with E-state index in [-0.39, 0.29) is 18.5 Å². The molecule has 0 saturated carbocycles. The molecule has 0 saturated heterocycles. The molecule has 0 fully saturated rings. The van der Waals surface area contributed by atoms with Crippen molar-refractivity contribution in [2.24, 2.45) is 0 Å². The molecule has 5 nitrogen and oxygen atoms in total. The van der Waals surface area contributed by atoms with Crippen molar-refractivity contribution in [1.29, 1.82) is 0 Å². The summed E-state index contributed by atoms with van der Waals surface area (Å²) in [6.45, 7) is 4.99. The number of hydrogen-bond acceptors (Lipinski definition) is 5. The fraction of sp³-hybridized carbons (Fsp3) is 0.800. The van der Waals surface area contributed by atoms with Crippen LogP contribution in [-0.4, -0.2) is 50.2 Å². The highest BCUT2D eigenvalue weighted by atomic mass is 16.5. The van der Waals surface area contributed by atoms with Crippen molar-refractivity contribution in [3.05, 3.63) is 0 Å². The standard InChI is InChI=1S/C10H19NO4/c1-4-14-9(12)6-7-11(3)8-10(13)15-5-2/h4-8H2,1-3H3. The Morgan fingerprint density at radius 3 is 2.13 bits per heavy atom. The van der Waals surface area contributed by atoms with Gasteiger partial charge in [0, 0.05) is 6.54 Å². The van der Waals surface area contributed by atoms with Gasteiger partial charge < -0.3 is 9.47 Å². The summed E-state index contributed by atoms with van der Waals surface area (Å²) in [4.78, 5) is 23.8. The molecule has 0 radical (unpaired) electrons. The Kier molecular flexibility index (Phi) is 7.62. The molecule has 0 heterocycles. The van der Waals surface area contributed by atoms with Gasteiger partial charge in [-0.2, -0.15) is 0 Å². The first-order valence-corrected chi connectivity index (χ1v) is 5.09. The first kappa shape index (κ1) is 13.9. The SMILES string of the molecule is CCOC(=O)CCN(C)CC(=O)OCC. The molecule has 15 heavy (non-hydrogen) atoms. The monoisotopic (exact) mass is 217 g/mol. The number of esters is 2. The van der Waals surface area contributed by atoms with Crippen molar-refractivity contribution in [3.63, 3.8) is 0 Å². The van der Waals surface area contributed by atoms with Crippen LogP contribution < -0.4 is 0 Å². The molecular weight excluding hydrogens is 198 g/mol. The van der Waals surface area contributed by atoms with E-state index in [1.807, 2.05) is 0 Å². The van der Waals surface area contributed by atoms with Crippen molar-refractivity contribution in [2.45, 2.75) is 20.3 Å². The van der Waals surface area contributed by atoms with Gasteiger partial charge in [-0.25, -0.2) is 0 Å². The second kappa shape index (κ2) is 8.23. The fourth-order valence-electron chi connectivity index (χ4n) is 1.02. The van der Waals surface area contributed by atoms with Gasteiger partial charge in [0.25, 0.3) is 0 Å². The highest BCUT2D eigenvalue weighted by Crippen LogP contribution is 1.92. The number of nitrogens with zero attached hydrogens (tertiary/aromatic N) is 1. The predicted molar refractivity (Wildman–Crippen MR) is 55.4 cm³/mol. The van der Waals surface area contributed by atoms with Crippen molar-refractivity contribution >= 4 is 11.9 Å². The second-order valence-electron chi connectivity index (χ2n) is 3.10. The van der Waals surface area contributed by atoms with Crippen LogP contribution in [0.1, 0.15) is 20.3 Å². The first-order valence-electron chi connectivity index (χ1n) is 5.09. The van der Waals surface area contributed by atoms with Gasteiger partial charge in [-0.05, 0) is 20.9 Å². The van der Waals surface area contributed by atoms with E-state index in [1.165, 1.54) is 0 Å². The molecule has 0 aromatic rings. The molecule has 0 amide bonds. The zero-order chi connectivity index (χ0) is 11.7. The maximum Gasteiger partial charge on any atom is 0.320 e. The Labute approximate surface area is 90.3 Å². The van der Waals surface area contributed by atoms with Gasteiger partial charge in [0.05, 0.1) is 26.2 Å². The lowest BCUT2D eigenvalue weighted by atomic mass is 10.4. The quantitative estimate of drug-likeness (QED) is 0.579. The van der Waals surface area contributed by atoms with Gasteiger partial charge in [-0.15, -0.1) is 0 Å². The summed E-state index contributed by atoms with van der Waals surface area (Å²) in [7, 11) is 1.76. The minimum absolute atomic E-state index is 0.202. The van der Waals surface area contributed by atoms with E-state index in [0.717, 1.165) is 0 Å². The Morgan fingerprint density at radius 1 is 1.07 bits per heavy atom. The van der Waals surface area contributed by atoms with Crippen molar-refractivity contribution < 1.29 is 19.1 Å². The first-order chi connectivity index (χ1) is 7.10. The van der Waals surface area contributed by atoms with Gasteiger partial charge in [-0.1, -0.05) is 0 Å².